The van der Waals surface area contributed by atoms with Crippen LogP contribution in [0.25, 0.3) is 0 Å². The Morgan fingerprint density at radius 3 is 2.57 bits per heavy atom. The highest BCUT2D eigenvalue weighted by Gasteiger charge is 2.31. The van der Waals surface area contributed by atoms with Crippen LogP contribution in [0.3, 0.4) is 0 Å². The first-order chi connectivity index (χ1) is 10.8. The van der Waals surface area contributed by atoms with Gasteiger partial charge >= 0.3 is 5.97 Å². The van der Waals surface area contributed by atoms with Crippen molar-refractivity contribution in [2.75, 3.05) is 6.54 Å². The molecule has 1 aromatic rings. The standard InChI is InChI=1S/C18H27NO4/c1-12-10-23-14(9-15(20)21)16(12)17(22)19-11-18(2,3)13-7-5-4-6-8-13/h10,13H,4-9,11H2,1-3H3,(H,19,22)(H,20,21). The van der Waals surface area contributed by atoms with E-state index in [-0.39, 0.29) is 23.5 Å². The van der Waals surface area contributed by atoms with Crippen molar-refractivity contribution in [2.45, 2.75) is 59.3 Å². The summed E-state index contributed by atoms with van der Waals surface area (Å²) in [4.78, 5) is 23.4. The summed E-state index contributed by atoms with van der Waals surface area (Å²) in [6.45, 7) is 6.75. The Morgan fingerprint density at radius 1 is 1.30 bits per heavy atom. The van der Waals surface area contributed by atoms with Crippen LogP contribution in [0.15, 0.2) is 10.7 Å². The number of rotatable bonds is 6. The number of hydrogen-bond acceptors (Lipinski definition) is 3. The van der Waals surface area contributed by atoms with Crippen molar-refractivity contribution in [3.05, 3.63) is 23.2 Å². The van der Waals surface area contributed by atoms with Crippen molar-refractivity contribution in [2.24, 2.45) is 11.3 Å². The molecule has 5 nitrogen and oxygen atoms in total. The van der Waals surface area contributed by atoms with Crippen LogP contribution in [-0.4, -0.2) is 23.5 Å². The molecule has 0 unspecified atom stereocenters. The Morgan fingerprint density at radius 2 is 1.96 bits per heavy atom. The lowest BCUT2D eigenvalue weighted by atomic mass is 9.71. The third kappa shape index (κ3) is 4.36. The summed E-state index contributed by atoms with van der Waals surface area (Å²) in [6, 6.07) is 0. The Bertz CT molecular complexity index is 568. The van der Waals surface area contributed by atoms with Crippen molar-refractivity contribution in [1.29, 1.82) is 0 Å². The number of furan rings is 1. The Labute approximate surface area is 137 Å². The molecular weight excluding hydrogens is 294 g/mol. The molecule has 0 atom stereocenters. The number of carbonyl (C=O) groups excluding carboxylic acids is 1. The zero-order valence-electron chi connectivity index (χ0n) is 14.3. The minimum Gasteiger partial charge on any atom is -0.481 e. The van der Waals surface area contributed by atoms with Crippen LogP contribution in [0.1, 0.15) is 67.6 Å². The number of aliphatic carboxylic acids is 1. The van der Waals surface area contributed by atoms with Crippen LogP contribution in [0, 0.1) is 18.3 Å². The minimum atomic E-state index is -1.00. The van der Waals surface area contributed by atoms with Crippen LogP contribution in [-0.2, 0) is 11.2 Å². The Kier molecular flexibility index (Phi) is 5.50. The third-order valence-corrected chi connectivity index (χ3v) is 5.00. The topological polar surface area (TPSA) is 79.5 Å². The molecule has 0 aliphatic heterocycles. The molecule has 0 aromatic carbocycles. The number of amides is 1. The average Bonchev–Trinajstić information content (AvgIpc) is 2.86. The number of carboxylic acid groups (broad SMARTS) is 1. The molecule has 1 heterocycles. The van der Waals surface area contributed by atoms with Gasteiger partial charge in [-0.2, -0.15) is 0 Å². The van der Waals surface area contributed by atoms with Gasteiger partial charge in [0.25, 0.3) is 5.91 Å². The van der Waals surface area contributed by atoms with Crippen LogP contribution < -0.4 is 5.32 Å². The third-order valence-electron chi connectivity index (χ3n) is 5.00. The van der Waals surface area contributed by atoms with Gasteiger partial charge in [-0.05, 0) is 31.1 Å². The lowest BCUT2D eigenvalue weighted by Crippen LogP contribution is -2.39. The van der Waals surface area contributed by atoms with Crippen molar-refractivity contribution < 1.29 is 19.1 Å². The van der Waals surface area contributed by atoms with E-state index in [1.807, 2.05) is 0 Å². The molecule has 23 heavy (non-hydrogen) atoms. The van der Waals surface area contributed by atoms with E-state index in [0.29, 0.717) is 23.6 Å². The maximum atomic E-state index is 12.5. The second-order valence-corrected chi connectivity index (χ2v) is 7.29. The molecule has 2 rings (SSSR count). The second-order valence-electron chi connectivity index (χ2n) is 7.29. The highest BCUT2D eigenvalue weighted by molar-refractivity contribution is 5.97. The second kappa shape index (κ2) is 7.20. The number of carboxylic acids is 1. The van der Waals surface area contributed by atoms with Gasteiger partial charge in [-0.25, -0.2) is 0 Å². The highest BCUT2D eigenvalue weighted by Crippen LogP contribution is 2.37. The highest BCUT2D eigenvalue weighted by atomic mass is 16.4. The van der Waals surface area contributed by atoms with Gasteiger partial charge in [0.05, 0.1) is 11.8 Å². The fourth-order valence-electron chi connectivity index (χ4n) is 3.50. The van der Waals surface area contributed by atoms with Gasteiger partial charge in [0.1, 0.15) is 12.2 Å². The summed E-state index contributed by atoms with van der Waals surface area (Å²) >= 11 is 0. The monoisotopic (exact) mass is 321 g/mol. The zero-order valence-corrected chi connectivity index (χ0v) is 14.3. The number of aryl methyl sites for hydroxylation is 1. The fraction of sp³-hybridized carbons (Fsp3) is 0.667. The summed E-state index contributed by atoms with van der Waals surface area (Å²) in [5.41, 5.74) is 1.08. The maximum Gasteiger partial charge on any atom is 0.311 e. The summed E-state index contributed by atoms with van der Waals surface area (Å²) in [5.74, 6) is -0.393. The van der Waals surface area contributed by atoms with Crippen molar-refractivity contribution >= 4 is 11.9 Å². The van der Waals surface area contributed by atoms with Crippen LogP contribution >= 0.6 is 0 Å². The maximum absolute atomic E-state index is 12.5. The van der Waals surface area contributed by atoms with E-state index in [0.717, 1.165) is 0 Å². The van der Waals surface area contributed by atoms with E-state index >= 15 is 0 Å². The van der Waals surface area contributed by atoms with Gasteiger partial charge in [-0.15, -0.1) is 0 Å². The number of hydrogen-bond donors (Lipinski definition) is 2. The van der Waals surface area contributed by atoms with Crippen molar-refractivity contribution in [1.82, 2.24) is 5.32 Å². The smallest absolute Gasteiger partial charge is 0.311 e. The van der Waals surface area contributed by atoms with E-state index in [2.05, 4.69) is 19.2 Å². The fourth-order valence-corrected chi connectivity index (χ4v) is 3.50. The molecule has 128 valence electrons. The van der Waals surface area contributed by atoms with E-state index in [1.54, 1.807) is 6.92 Å². The molecule has 1 saturated carbocycles. The summed E-state index contributed by atoms with van der Waals surface area (Å²) < 4.78 is 5.23. The molecule has 1 amide bonds. The average molecular weight is 321 g/mol. The van der Waals surface area contributed by atoms with Crippen molar-refractivity contribution in [3.8, 4) is 0 Å². The lowest BCUT2D eigenvalue weighted by molar-refractivity contribution is -0.136. The normalized spacial score (nSPS) is 16.3. The molecule has 2 N–H and O–H groups in total. The first-order valence-electron chi connectivity index (χ1n) is 8.38. The molecule has 1 aliphatic rings. The molecule has 0 spiro atoms. The summed E-state index contributed by atoms with van der Waals surface area (Å²) in [5, 5.41) is 11.9. The minimum absolute atomic E-state index is 0.0423. The molecule has 0 saturated heterocycles. The van der Waals surface area contributed by atoms with E-state index < -0.39 is 5.97 Å². The van der Waals surface area contributed by atoms with Gasteiger partial charge < -0.3 is 14.8 Å². The van der Waals surface area contributed by atoms with Crippen molar-refractivity contribution in [3.63, 3.8) is 0 Å². The molecule has 0 radical (unpaired) electrons. The number of nitrogens with one attached hydrogen (secondary N) is 1. The summed E-state index contributed by atoms with van der Waals surface area (Å²) in [7, 11) is 0. The largest absolute Gasteiger partial charge is 0.481 e. The zero-order chi connectivity index (χ0) is 17.0. The van der Waals surface area contributed by atoms with Crippen LogP contribution in [0.5, 0.6) is 0 Å². The van der Waals surface area contributed by atoms with Crippen LogP contribution in [0.2, 0.25) is 0 Å². The predicted octanol–water partition coefficient (Wildman–Crippen LogP) is 3.55. The molecule has 1 fully saturated rings. The molecule has 1 aliphatic carbocycles. The van der Waals surface area contributed by atoms with E-state index in [9.17, 15) is 9.59 Å². The van der Waals surface area contributed by atoms with Gasteiger partial charge in [0.2, 0.25) is 0 Å². The Balaban J connectivity index is 2.01. The molecule has 0 bridgehead atoms. The quantitative estimate of drug-likeness (QED) is 0.839. The van der Waals surface area contributed by atoms with Gasteiger partial charge in [0.15, 0.2) is 0 Å². The first kappa shape index (κ1) is 17.6. The van der Waals surface area contributed by atoms with E-state index in [4.69, 9.17) is 9.52 Å². The lowest BCUT2D eigenvalue weighted by Gasteiger charge is -2.37. The van der Waals surface area contributed by atoms with Gasteiger partial charge in [-0.1, -0.05) is 33.1 Å². The Hall–Kier alpha value is -1.78. The molecular formula is C18H27NO4. The first-order valence-corrected chi connectivity index (χ1v) is 8.38. The van der Waals surface area contributed by atoms with Gasteiger partial charge in [0, 0.05) is 12.1 Å². The number of carbonyl (C=O) groups is 2. The van der Waals surface area contributed by atoms with E-state index in [1.165, 1.54) is 38.4 Å². The SMILES string of the molecule is Cc1coc(CC(=O)O)c1C(=O)NCC(C)(C)C1CCCCC1. The summed E-state index contributed by atoms with van der Waals surface area (Å²) in [6.07, 6.45) is 7.46. The van der Waals surface area contributed by atoms with Crippen LogP contribution in [0.4, 0.5) is 0 Å². The predicted molar refractivity (Wildman–Crippen MR) is 87.5 cm³/mol. The molecule has 5 heteroatoms. The molecule has 1 aromatic heterocycles. The van der Waals surface area contributed by atoms with Gasteiger partial charge in [-0.3, -0.25) is 9.59 Å².